The lowest BCUT2D eigenvalue weighted by Gasteiger charge is -2.07. The number of carbonyl (C=O) groups is 1. The van der Waals surface area contributed by atoms with Gasteiger partial charge in [0.2, 0.25) is 5.91 Å². The second-order valence-electron chi connectivity index (χ2n) is 5.91. The van der Waals surface area contributed by atoms with Gasteiger partial charge in [-0.1, -0.05) is 0 Å². The van der Waals surface area contributed by atoms with Crippen LogP contribution in [0.25, 0.3) is 16.8 Å². The van der Waals surface area contributed by atoms with Crippen molar-refractivity contribution in [1.29, 1.82) is 0 Å². The molecule has 1 N–H and O–H groups in total. The van der Waals surface area contributed by atoms with Gasteiger partial charge < -0.3 is 14.8 Å². The van der Waals surface area contributed by atoms with Crippen molar-refractivity contribution in [2.45, 2.75) is 13.5 Å². The molecule has 1 amide bonds. The SMILES string of the molecule is COCCNC(=O)Cn1nc(C)n2nc(-c3ccc(OC)cc3)cc2c1=O. The van der Waals surface area contributed by atoms with Crippen LogP contribution in [0.15, 0.2) is 35.1 Å². The number of nitrogens with zero attached hydrogens (tertiary/aromatic N) is 4. The molecule has 0 radical (unpaired) electrons. The van der Waals surface area contributed by atoms with Crippen LogP contribution in [0.2, 0.25) is 0 Å². The third-order valence-electron chi connectivity index (χ3n) is 4.04. The Morgan fingerprint density at radius 1 is 1.19 bits per heavy atom. The number of hydrogen-bond acceptors (Lipinski definition) is 6. The third-order valence-corrected chi connectivity index (χ3v) is 4.04. The van der Waals surface area contributed by atoms with Crippen molar-refractivity contribution >= 4 is 11.4 Å². The molecule has 0 fully saturated rings. The van der Waals surface area contributed by atoms with E-state index in [0.717, 1.165) is 16.0 Å². The number of aromatic nitrogens is 4. The Morgan fingerprint density at radius 3 is 2.59 bits per heavy atom. The van der Waals surface area contributed by atoms with Gasteiger partial charge in [0.25, 0.3) is 5.56 Å². The number of aryl methyl sites for hydroxylation is 1. The van der Waals surface area contributed by atoms with Crippen LogP contribution >= 0.6 is 0 Å². The summed E-state index contributed by atoms with van der Waals surface area (Å²) in [6, 6.07) is 9.08. The number of fused-ring (bicyclic) bond motifs is 1. The zero-order valence-corrected chi connectivity index (χ0v) is 15.4. The largest absolute Gasteiger partial charge is 0.497 e. The Hall–Kier alpha value is -3.20. The van der Waals surface area contributed by atoms with Gasteiger partial charge >= 0.3 is 0 Å². The molecule has 0 saturated heterocycles. The molecule has 0 saturated carbocycles. The number of rotatable bonds is 7. The van der Waals surface area contributed by atoms with Gasteiger partial charge in [-0.3, -0.25) is 9.59 Å². The lowest BCUT2D eigenvalue weighted by atomic mass is 10.1. The minimum absolute atomic E-state index is 0.164. The fraction of sp³-hybridized carbons (Fsp3) is 0.333. The highest BCUT2D eigenvalue weighted by Crippen LogP contribution is 2.21. The summed E-state index contributed by atoms with van der Waals surface area (Å²) >= 11 is 0. The van der Waals surface area contributed by atoms with E-state index >= 15 is 0 Å². The Balaban J connectivity index is 1.92. The summed E-state index contributed by atoms with van der Waals surface area (Å²) in [5, 5.41) is 11.3. The van der Waals surface area contributed by atoms with Crippen molar-refractivity contribution in [3.8, 4) is 17.0 Å². The number of methoxy groups -OCH3 is 2. The maximum atomic E-state index is 12.7. The van der Waals surface area contributed by atoms with Gasteiger partial charge in [0.05, 0.1) is 19.4 Å². The highest BCUT2D eigenvalue weighted by Gasteiger charge is 2.14. The molecule has 27 heavy (non-hydrogen) atoms. The van der Waals surface area contributed by atoms with E-state index in [0.29, 0.717) is 30.2 Å². The normalized spacial score (nSPS) is 10.9. The fourth-order valence-electron chi connectivity index (χ4n) is 2.67. The molecule has 142 valence electrons. The van der Waals surface area contributed by atoms with E-state index in [1.54, 1.807) is 27.2 Å². The van der Waals surface area contributed by atoms with Crippen LogP contribution in [-0.4, -0.2) is 52.7 Å². The molecular formula is C18H21N5O4. The number of amides is 1. The Kier molecular flexibility index (Phi) is 5.51. The van der Waals surface area contributed by atoms with Crippen LogP contribution in [-0.2, 0) is 16.1 Å². The first-order chi connectivity index (χ1) is 13.0. The van der Waals surface area contributed by atoms with Gasteiger partial charge in [-0.15, -0.1) is 0 Å². The maximum absolute atomic E-state index is 12.7. The zero-order valence-electron chi connectivity index (χ0n) is 15.4. The minimum Gasteiger partial charge on any atom is -0.497 e. The van der Waals surface area contributed by atoms with E-state index in [-0.39, 0.29) is 18.0 Å². The predicted octanol–water partition coefficient (Wildman–Crippen LogP) is 0.638. The minimum atomic E-state index is -0.380. The number of ether oxygens (including phenoxy) is 2. The quantitative estimate of drug-likeness (QED) is 0.612. The molecule has 0 aliphatic rings. The summed E-state index contributed by atoms with van der Waals surface area (Å²) in [6.45, 7) is 2.35. The van der Waals surface area contributed by atoms with Crippen molar-refractivity contribution < 1.29 is 14.3 Å². The zero-order chi connectivity index (χ0) is 19.4. The van der Waals surface area contributed by atoms with Gasteiger partial charge in [0.1, 0.15) is 23.6 Å². The summed E-state index contributed by atoms with van der Waals surface area (Å²) < 4.78 is 12.7. The molecule has 0 aliphatic carbocycles. The van der Waals surface area contributed by atoms with E-state index in [1.165, 1.54) is 4.52 Å². The highest BCUT2D eigenvalue weighted by atomic mass is 16.5. The van der Waals surface area contributed by atoms with E-state index in [9.17, 15) is 9.59 Å². The number of nitrogens with one attached hydrogen (secondary N) is 1. The van der Waals surface area contributed by atoms with Gasteiger partial charge in [-0.2, -0.15) is 10.2 Å². The first-order valence-electron chi connectivity index (χ1n) is 8.41. The van der Waals surface area contributed by atoms with Crippen LogP contribution in [0, 0.1) is 6.92 Å². The van der Waals surface area contributed by atoms with Crippen LogP contribution < -0.4 is 15.6 Å². The predicted molar refractivity (Wildman–Crippen MR) is 98.9 cm³/mol. The topological polar surface area (TPSA) is 99.8 Å². The fourth-order valence-corrected chi connectivity index (χ4v) is 2.67. The molecule has 0 atom stereocenters. The van der Waals surface area contributed by atoms with Crippen LogP contribution in [0.5, 0.6) is 5.75 Å². The van der Waals surface area contributed by atoms with Crippen molar-refractivity contribution in [2.75, 3.05) is 27.4 Å². The molecule has 0 spiro atoms. The lowest BCUT2D eigenvalue weighted by Crippen LogP contribution is -2.36. The molecule has 2 aromatic heterocycles. The molecule has 9 nitrogen and oxygen atoms in total. The third kappa shape index (κ3) is 3.98. The summed E-state index contributed by atoms with van der Waals surface area (Å²) in [5.41, 5.74) is 1.47. The number of benzene rings is 1. The summed E-state index contributed by atoms with van der Waals surface area (Å²) in [7, 11) is 3.15. The summed E-state index contributed by atoms with van der Waals surface area (Å²) in [6.07, 6.45) is 0. The average Bonchev–Trinajstić information content (AvgIpc) is 3.12. The van der Waals surface area contributed by atoms with Crippen molar-refractivity contribution in [3.63, 3.8) is 0 Å². The molecule has 3 aromatic rings. The summed E-state index contributed by atoms with van der Waals surface area (Å²) in [4.78, 5) is 24.7. The van der Waals surface area contributed by atoms with E-state index < -0.39 is 0 Å². The lowest BCUT2D eigenvalue weighted by molar-refractivity contribution is -0.122. The van der Waals surface area contributed by atoms with E-state index in [4.69, 9.17) is 9.47 Å². The first-order valence-corrected chi connectivity index (χ1v) is 8.41. The van der Waals surface area contributed by atoms with Gasteiger partial charge in [-0.05, 0) is 37.3 Å². The molecule has 0 aliphatic heterocycles. The van der Waals surface area contributed by atoms with E-state index in [2.05, 4.69) is 15.5 Å². The molecule has 0 unspecified atom stereocenters. The Morgan fingerprint density at radius 2 is 1.93 bits per heavy atom. The molecule has 1 aromatic carbocycles. The maximum Gasteiger partial charge on any atom is 0.293 e. The van der Waals surface area contributed by atoms with Crippen LogP contribution in [0.3, 0.4) is 0 Å². The van der Waals surface area contributed by atoms with Crippen molar-refractivity contribution in [3.05, 3.63) is 46.5 Å². The van der Waals surface area contributed by atoms with Crippen LogP contribution in [0.1, 0.15) is 5.82 Å². The molecular weight excluding hydrogens is 350 g/mol. The van der Waals surface area contributed by atoms with Gasteiger partial charge in [0, 0.05) is 19.2 Å². The Bertz CT molecular complexity index is 1010. The smallest absolute Gasteiger partial charge is 0.293 e. The molecule has 3 rings (SSSR count). The molecule has 2 heterocycles. The molecule has 9 heteroatoms. The van der Waals surface area contributed by atoms with Crippen molar-refractivity contribution in [1.82, 2.24) is 24.7 Å². The number of carbonyl (C=O) groups excluding carboxylic acids is 1. The van der Waals surface area contributed by atoms with Gasteiger partial charge in [0.15, 0.2) is 0 Å². The molecule has 0 bridgehead atoms. The average molecular weight is 371 g/mol. The van der Waals surface area contributed by atoms with Crippen LogP contribution in [0.4, 0.5) is 0 Å². The first kappa shape index (κ1) is 18.6. The van der Waals surface area contributed by atoms with Gasteiger partial charge in [-0.25, -0.2) is 9.20 Å². The standard InChI is InChI=1S/C18H21N5O4/c1-12-20-22(11-17(24)19-8-9-26-2)18(25)16-10-15(21-23(12)16)13-4-6-14(27-3)7-5-13/h4-7,10H,8-9,11H2,1-3H3,(H,19,24). The number of hydrogen-bond donors (Lipinski definition) is 1. The van der Waals surface area contributed by atoms with E-state index in [1.807, 2.05) is 24.3 Å². The van der Waals surface area contributed by atoms with Crippen molar-refractivity contribution in [2.24, 2.45) is 0 Å². The second-order valence-corrected chi connectivity index (χ2v) is 5.91. The highest BCUT2D eigenvalue weighted by molar-refractivity contribution is 5.75. The second kappa shape index (κ2) is 8.00. The monoisotopic (exact) mass is 371 g/mol. The summed E-state index contributed by atoms with van der Waals surface area (Å²) in [5.74, 6) is 0.941. The Labute approximate surface area is 155 Å².